The summed E-state index contributed by atoms with van der Waals surface area (Å²) in [6, 6.07) is 21.4. The van der Waals surface area contributed by atoms with Crippen LogP contribution in [0.4, 0.5) is 5.69 Å². The van der Waals surface area contributed by atoms with E-state index < -0.39 is 17.3 Å². The number of nitrogens with zero attached hydrogens (tertiary/aromatic N) is 2. The Bertz CT molecular complexity index is 1350. The second kappa shape index (κ2) is 13.8. The van der Waals surface area contributed by atoms with Crippen LogP contribution in [0.3, 0.4) is 0 Å². The van der Waals surface area contributed by atoms with Crippen LogP contribution in [0.25, 0.3) is 0 Å². The number of carbonyl (C=O) groups excluding carboxylic acids is 2. The maximum absolute atomic E-state index is 14.2. The van der Waals surface area contributed by atoms with Crippen LogP contribution in [0.2, 0.25) is 0 Å². The van der Waals surface area contributed by atoms with Gasteiger partial charge in [0.2, 0.25) is 0 Å². The molecule has 0 radical (unpaired) electrons. The molecule has 0 N–H and O–H groups in total. The summed E-state index contributed by atoms with van der Waals surface area (Å²) < 4.78 is 21.9. The van der Waals surface area contributed by atoms with E-state index in [2.05, 4.69) is 18.9 Å². The lowest BCUT2D eigenvalue weighted by atomic mass is 10.0. The van der Waals surface area contributed by atoms with E-state index in [0.29, 0.717) is 18.0 Å². The van der Waals surface area contributed by atoms with Gasteiger partial charge >= 0.3 is 5.97 Å². The third-order valence-corrected chi connectivity index (χ3v) is 8.70. The van der Waals surface area contributed by atoms with Crippen LogP contribution in [-0.2, 0) is 20.7 Å². The monoisotopic (exact) mass is 578 g/mol. The first kappa shape index (κ1) is 30.3. The number of hydrogen-bond acceptors (Lipinski definition) is 8. The molecule has 0 spiro atoms. The molecule has 3 aromatic carbocycles. The number of benzene rings is 3. The minimum atomic E-state index is -0.984. The van der Waals surface area contributed by atoms with E-state index in [4.69, 9.17) is 18.9 Å². The van der Waals surface area contributed by atoms with E-state index in [9.17, 15) is 9.59 Å². The van der Waals surface area contributed by atoms with Crippen LogP contribution in [0.1, 0.15) is 30.2 Å². The molecule has 0 aromatic heterocycles. The Morgan fingerprint density at radius 3 is 2.34 bits per heavy atom. The zero-order valence-corrected chi connectivity index (χ0v) is 25.3. The molecule has 1 unspecified atom stereocenters. The molecule has 0 bridgehead atoms. The van der Waals surface area contributed by atoms with E-state index >= 15 is 0 Å². The van der Waals surface area contributed by atoms with Crippen molar-refractivity contribution in [3.63, 3.8) is 0 Å². The van der Waals surface area contributed by atoms with Gasteiger partial charge in [-0.2, -0.15) is 0 Å². The van der Waals surface area contributed by atoms with Gasteiger partial charge in [-0.05, 0) is 67.9 Å². The normalized spacial score (nSPS) is 17.4. The molecule has 41 heavy (non-hydrogen) atoms. The summed E-state index contributed by atoms with van der Waals surface area (Å²) in [6.07, 6.45) is -0.181. The molecule has 8 nitrogen and oxygen atoms in total. The highest BCUT2D eigenvalue weighted by Crippen LogP contribution is 2.47. The molecule has 1 aliphatic heterocycles. The lowest BCUT2D eigenvalue weighted by molar-refractivity contribution is -0.152. The van der Waals surface area contributed by atoms with Crippen molar-refractivity contribution < 1.29 is 28.5 Å². The fourth-order valence-electron chi connectivity index (χ4n) is 4.86. The van der Waals surface area contributed by atoms with Crippen LogP contribution in [0, 0.1) is 0 Å². The second-order valence-electron chi connectivity index (χ2n) is 10.0. The van der Waals surface area contributed by atoms with Gasteiger partial charge in [0.25, 0.3) is 5.91 Å². The molecule has 3 aromatic rings. The highest BCUT2D eigenvalue weighted by molar-refractivity contribution is 7.99. The van der Waals surface area contributed by atoms with Gasteiger partial charge < -0.3 is 28.7 Å². The zero-order chi connectivity index (χ0) is 29.5. The van der Waals surface area contributed by atoms with Crippen molar-refractivity contribution in [3.05, 3.63) is 77.9 Å². The fraction of sp³-hybridized carbons (Fsp3) is 0.375. The van der Waals surface area contributed by atoms with Crippen molar-refractivity contribution in [2.24, 2.45) is 0 Å². The van der Waals surface area contributed by atoms with Crippen LogP contribution >= 0.6 is 11.8 Å². The third kappa shape index (κ3) is 7.15. The number of anilines is 1. The van der Waals surface area contributed by atoms with Gasteiger partial charge in [-0.1, -0.05) is 30.3 Å². The van der Waals surface area contributed by atoms with Crippen LogP contribution in [0.15, 0.2) is 71.6 Å². The summed E-state index contributed by atoms with van der Waals surface area (Å²) in [5.74, 6) is 1.39. The molecule has 3 atom stereocenters. The molecule has 9 heteroatoms. The molecule has 0 saturated heterocycles. The molecule has 0 aliphatic carbocycles. The smallest absolute Gasteiger partial charge is 0.303 e. The van der Waals surface area contributed by atoms with Crippen LogP contribution in [0.5, 0.6) is 17.2 Å². The Kier molecular flexibility index (Phi) is 10.2. The van der Waals surface area contributed by atoms with Gasteiger partial charge in [-0.15, -0.1) is 11.8 Å². The first-order chi connectivity index (χ1) is 19.7. The van der Waals surface area contributed by atoms with E-state index in [1.165, 1.54) is 18.7 Å². The number of likely N-dealkylation sites (N-methyl/N-ethyl adjacent to an activating group) is 1. The van der Waals surface area contributed by atoms with Crippen molar-refractivity contribution in [3.8, 4) is 17.2 Å². The van der Waals surface area contributed by atoms with E-state index in [0.717, 1.165) is 40.4 Å². The Labute approximate surface area is 246 Å². The van der Waals surface area contributed by atoms with Crippen molar-refractivity contribution in [2.45, 2.75) is 42.6 Å². The molecular weight excluding hydrogens is 540 g/mol. The first-order valence-corrected chi connectivity index (χ1v) is 14.4. The Morgan fingerprint density at radius 2 is 1.68 bits per heavy atom. The number of fused-ring (bicyclic) bond motifs is 1. The molecule has 4 rings (SSSR count). The predicted octanol–water partition coefficient (Wildman–Crippen LogP) is 5.39. The summed E-state index contributed by atoms with van der Waals surface area (Å²) in [6.45, 7) is 4.66. The Hall–Kier alpha value is -3.69. The number of rotatable bonds is 11. The highest BCUT2D eigenvalue weighted by atomic mass is 32.2. The average Bonchev–Trinajstić information content (AvgIpc) is 3.10. The minimum Gasteiger partial charge on any atom is -0.497 e. The number of ether oxygens (including phenoxy) is 4. The van der Waals surface area contributed by atoms with Gasteiger partial charge in [0.15, 0.2) is 17.6 Å². The number of methoxy groups -OCH3 is 3. The summed E-state index contributed by atoms with van der Waals surface area (Å²) in [7, 11) is 6.92. The molecule has 0 fully saturated rings. The summed E-state index contributed by atoms with van der Waals surface area (Å²) >= 11 is 1.54. The highest BCUT2D eigenvalue weighted by Gasteiger charge is 2.41. The number of esters is 1. The first-order valence-electron chi connectivity index (χ1n) is 13.5. The van der Waals surface area contributed by atoms with E-state index in [1.807, 2.05) is 66.7 Å². The summed E-state index contributed by atoms with van der Waals surface area (Å²) in [4.78, 5) is 31.4. The van der Waals surface area contributed by atoms with E-state index in [1.54, 1.807) is 26.2 Å². The lowest BCUT2D eigenvalue weighted by Crippen LogP contribution is -2.48. The molecule has 0 saturated carbocycles. The van der Waals surface area contributed by atoms with Gasteiger partial charge in [0.1, 0.15) is 5.75 Å². The van der Waals surface area contributed by atoms with Gasteiger partial charge in [0.05, 0.1) is 32.3 Å². The quantitative estimate of drug-likeness (QED) is 0.281. The standard InChI is InChI=1S/C32H38N2O6S/c1-21(33(3)18-17-23-11-16-27(38-5)28(19-23)39-6)20-34-26-9-7-8-10-29(26)41-31(30(32(34)36)40-22(2)35)24-12-14-25(37-4)15-13-24/h7-16,19,21,30-31H,17-18,20H2,1-6H3/t21?,30-,31+/m1/s1. The average molecular weight is 579 g/mol. The second-order valence-corrected chi connectivity index (χ2v) is 11.2. The topological polar surface area (TPSA) is 77.5 Å². The molecule has 1 heterocycles. The zero-order valence-electron chi connectivity index (χ0n) is 24.5. The number of thioether (sulfide) groups is 1. The maximum atomic E-state index is 14.2. The minimum absolute atomic E-state index is 0.0210. The summed E-state index contributed by atoms with van der Waals surface area (Å²) in [5.41, 5.74) is 2.83. The van der Waals surface area contributed by atoms with Crippen molar-refractivity contribution >= 4 is 29.3 Å². The number of amides is 1. The number of carbonyl (C=O) groups is 2. The third-order valence-electron chi connectivity index (χ3n) is 7.33. The molecule has 1 amide bonds. The maximum Gasteiger partial charge on any atom is 0.303 e. The lowest BCUT2D eigenvalue weighted by Gasteiger charge is -2.33. The van der Waals surface area contributed by atoms with Crippen molar-refractivity contribution in [1.82, 2.24) is 4.90 Å². The van der Waals surface area contributed by atoms with Gasteiger partial charge in [-0.25, -0.2) is 0 Å². The molecule has 218 valence electrons. The molecule has 1 aliphatic rings. The summed E-state index contributed by atoms with van der Waals surface area (Å²) in [5, 5.41) is -0.415. The van der Waals surface area contributed by atoms with Crippen molar-refractivity contribution in [1.29, 1.82) is 0 Å². The SMILES string of the molecule is COc1ccc([C@@H]2Sc3ccccc3N(CC(C)N(C)CCc3ccc(OC)c(OC)c3)C(=O)[C@@H]2OC(C)=O)cc1. The Morgan fingerprint density at radius 1 is 0.976 bits per heavy atom. The van der Waals surface area contributed by atoms with Gasteiger partial charge in [0, 0.05) is 31.0 Å². The van der Waals surface area contributed by atoms with E-state index in [-0.39, 0.29) is 11.9 Å². The van der Waals surface area contributed by atoms with Gasteiger partial charge in [-0.3, -0.25) is 9.59 Å². The van der Waals surface area contributed by atoms with Crippen LogP contribution in [-0.4, -0.2) is 70.4 Å². The fourth-order valence-corrected chi connectivity index (χ4v) is 6.18. The van der Waals surface area contributed by atoms with Crippen LogP contribution < -0.4 is 19.1 Å². The predicted molar refractivity (Wildman–Crippen MR) is 161 cm³/mol. The number of para-hydroxylation sites is 1. The van der Waals surface area contributed by atoms with Crippen molar-refractivity contribution in [2.75, 3.05) is 46.4 Å². The molecular formula is C32H38N2O6S. The number of hydrogen-bond donors (Lipinski definition) is 0. The largest absolute Gasteiger partial charge is 0.497 e. The Balaban J connectivity index is 1.57.